The van der Waals surface area contributed by atoms with Crippen molar-refractivity contribution in [2.45, 2.75) is 6.92 Å². The second-order valence-electron chi connectivity index (χ2n) is 3.12. The van der Waals surface area contributed by atoms with Crippen molar-refractivity contribution in [1.29, 1.82) is 5.26 Å². The van der Waals surface area contributed by atoms with Gasteiger partial charge in [-0.15, -0.1) is 0 Å². The van der Waals surface area contributed by atoms with Gasteiger partial charge in [-0.3, -0.25) is 0 Å². The summed E-state index contributed by atoms with van der Waals surface area (Å²) in [4.78, 5) is 11.1. The summed E-state index contributed by atoms with van der Waals surface area (Å²) in [6.45, 7) is 2.06. The van der Waals surface area contributed by atoms with Gasteiger partial charge >= 0.3 is 5.97 Å². The van der Waals surface area contributed by atoms with E-state index in [0.29, 0.717) is 23.5 Å². The zero-order chi connectivity index (χ0) is 12.7. The molecule has 0 aliphatic carbocycles. The van der Waals surface area contributed by atoms with Crippen LogP contribution in [0.5, 0.6) is 5.75 Å². The minimum atomic E-state index is -0.431. The van der Waals surface area contributed by atoms with Crippen LogP contribution in [0, 0.1) is 11.3 Å². The maximum Gasteiger partial charge on any atom is 0.330 e. The molecule has 0 radical (unpaired) electrons. The van der Waals surface area contributed by atoms with Gasteiger partial charge in [0.15, 0.2) is 0 Å². The van der Waals surface area contributed by atoms with E-state index in [0.717, 1.165) is 0 Å². The van der Waals surface area contributed by atoms with Crippen LogP contribution in [0.4, 0.5) is 0 Å². The Bertz CT molecular complexity index is 472. The topological polar surface area (TPSA) is 59.3 Å². The van der Waals surface area contributed by atoms with Crippen molar-refractivity contribution < 1.29 is 14.3 Å². The Balaban J connectivity index is 2.99. The zero-order valence-electron chi connectivity index (χ0n) is 9.77. The first-order valence-corrected chi connectivity index (χ1v) is 5.14. The van der Waals surface area contributed by atoms with Crippen LogP contribution in [0.25, 0.3) is 6.08 Å². The lowest BCUT2D eigenvalue weighted by Crippen LogP contribution is -1.99. The maximum absolute atomic E-state index is 11.1. The molecule has 0 aliphatic rings. The van der Waals surface area contributed by atoms with Gasteiger partial charge in [0.1, 0.15) is 17.4 Å². The Morgan fingerprint density at radius 2 is 2.29 bits per heavy atom. The van der Waals surface area contributed by atoms with Crippen LogP contribution in [0.1, 0.15) is 18.1 Å². The smallest absolute Gasteiger partial charge is 0.330 e. The number of hydrogen-bond acceptors (Lipinski definition) is 4. The molecule has 0 unspecified atom stereocenters. The first-order valence-electron chi connectivity index (χ1n) is 5.14. The maximum atomic E-state index is 11.1. The molecule has 0 bridgehead atoms. The van der Waals surface area contributed by atoms with Crippen molar-refractivity contribution in [3.8, 4) is 11.8 Å². The predicted molar refractivity (Wildman–Crippen MR) is 63.4 cm³/mol. The lowest BCUT2D eigenvalue weighted by Gasteiger charge is -2.04. The van der Waals surface area contributed by atoms with Gasteiger partial charge in [0.25, 0.3) is 0 Å². The number of rotatable bonds is 4. The Labute approximate surface area is 100 Å². The number of methoxy groups -OCH3 is 1. The summed E-state index contributed by atoms with van der Waals surface area (Å²) in [5.74, 6) is 0.0534. The average molecular weight is 231 g/mol. The van der Waals surface area contributed by atoms with Gasteiger partial charge in [-0.05, 0) is 24.6 Å². The van der Waals surface area contributed by atoms with Crippen LogP contribution in [-0.4, -0.2) is 19.7 Å². The average Bonchev–Trinajstić information content (AvgIpc) is 2.36. The first-order chi connectivity index (χ1) is 8.22. The van der Waals surface area contributed by atoms with E-state index in [1.807, 2.05) is 6.07 Å². The minimum Gasteiger partial charge on any atom is -0.495 e. The summed E-state index contributed by atoms with van der Waals surface area (Å²) >= 11 is 0. The molecule has 1 rings (SSSR count). The van der Waals surface area contributed by atoms with E-state index in [2.05, 4.69) is 0 Å². The van der Waals surface area contributed by atoms with Crippen molar-refractivity contribution >= 4 is 12.0 Å². The van der Waals surface area contributed by atoms with Crippen LogP contribution in [0.15, 0.2) is 24.3 Å². The fourth-order valence-corrected chi connectivity index (χ4v) is 1.32. The Morgan fingerprint density at radius 1 is 1.53 bits per heavy atom. The largest absolute Gasteiger partial charge is 0.495 e. The van der Waals surface area contributed by atoms with E-state index in [-0.39, 0.29) is 0 Å². The van der Waals surface area contributed by atoms with Crippen LogP contribution in [0.3, 0.4) is 0 Å². The van der Waals surface area contributed by atoms with Crippen LogP contribution >= 0.6 is 0 Å². The van der Waals surface area contributed by atoms with Gasteiger partial charge in [-0.1, -0.05) is 12.1 Å². The summed E-state index contributed by atoms with van der Waals surface area (Å²) in [6.07, 6.45) is 2.83. The number of nitriles is 1. The molecule has 17 heavy (non-hydrogen) atoms. The molecule has 0 N–H and O–H groups in total. The summed E-state index contributed by atoms with van der Waals surface area (Å²) in [7, 11) is 1.50. The third kappa shape index (κ3) is 3.35. The molecule has 4 nitrogen and oxygen atoms in total. The highest BCUT2D eigenvalue weighted by molar-refractivity contribution is 5.87. The summed E-state index contributed by atoms with van der Waals surface area (Å²) in [5.41, 5.74) is 1.02. The molecular formula is C13H13NO3. The number of hydrogen-bond donors (Lipinski definition) is 0. The number of benzene rings is 1. The third-order valence-electron chi connectivity index (χ3n) is 2.08. The Kier molecular flexibility index (Phi) is 4.77. The van der Waals surface area contributed by atoms with Crippen molar-refractivity contribution in [3.63, 3.8) is 0 Å². The van der Waals surface area contributed by atoms with Crippen LogP contribution < -0.4 is 4.74 Å². The lowest BCUT2D eigenvalue weighted by molar-refractivity contribution is -0.137. The predicted octanol–water partition coefficient (Wildman–Crippen LogP) is 2.14. The quantitative estimate of drug-likeness (QED) is 0.588. The standard InChI is InChI=1S/C13H13NO3/c1-3-17-13(15)8-7-10-5-4-6-12(16-2)11(10)9-14/h4-8H,3H2,1-2H3/b8-7+. The highest BCUT2D eigenvalue weighted by Gasteiger charge is 2.06. The number of carbonyl (C=O) groups excluding carboxylic acids is 1. The Morgan fingerprint density at radius 3 is 2.88 bits per heavy atom. The summed E-state index contributed by atoms with van der Waals surface area (Å²) in [6, 6.07) is 7.22. The first kappa shape index (κ1) is 12.8. The fourth-order valence-electron chi connectivity index (χ4n) is 1.32. The number of nitrogens with zero attached hydrogens (tertiary/aromatic N) is 1. The van der Waals surface area contributed by atoms with Crippen molar-refractivity contribution in [2.75, 3.05) is 13.7 Å². The lowest BCUT2D eigenvalue weighted by atomic mass is 10.1. The molecule has 1 aromatic carbocycles. The van der Waals surface area contributed by atoms with Crippen molar-refractivity contribution in [2.24, 2.45) is 0 Å². The van der Waals surface area contributed by atoms with Crippen LogP contribution in [0.2, 0.25) is 0 Å². The third-order valence-corrected chi connectivity index (χ3v) is 2.08. The second-order valence-corrected chi connectivity index (χ2v) is 3.12. The summed E-state index contributed by atoms with van der Waals surface area (Å²) in [5, 5.41) is 9.02. The molecule has 4 heteroatoms. The molecule has 0 amide bonds. The monoisotopic (exact) mass is 231 g/mol. The van der Waals surface area contributed by atoms with Gasteiger partial charge in [-0.25, -0.2) is 4.79 Å². The molecule has 0 saturated carbocycles. The van der Waals surface area contributed by atoms with Gasteiger partial charge in [0.05, 0.1) is 13.7 Å². The molecular weight excluding hydrogens is 218 g/mol. The fraction of sp³-hybridized carbons (Fsp3) is 0.231. The molecule has 88 valence electrons. The molecule has 0 spiro atoms. The highest BCUT2D eigenvalue weighted by atomic mass is 16.5. The van der Waals surface area contributed by atoms with Crippen molar-refractivity contribution in [1.82, 2.24) is 0 Å². The van der Waals surface area contributed by atoms with E-state index < -0.39 is 5.97 Å². The second kappa shape index (κ2) is 6.33. The number of carbonyl (C=O) groups is 1. The van der Waals surface area contributed by atoms with Crippen LogP contribution in [-0.2, 0) is 9.53 Å². The zero-order valence-corrected chi connectivity index (χ0v) is 9.77. The minimum absolute atomic E-state index is 0.326. The molecule has 0 saturated heterocycles. The van der Waals surface area contributed by atoms with Crippen molar-refractivity contribution in [3.05, 3.63) is 35.4 Å². The number of ether oxygens (including phenoxy) is 2. The Hall–Kier alpha value is -2.28. The van der Waals surface area contributed by atoms with E-state index in [4.69, 9.17) is 14.7 Å². The van der Waals surface area contributed by atoms with E-state index in [9.17, 15) is 4.79 Å². The van der Waals surface area contributed by atoms with Gasteiger partial charge < -0.3 is 9.47 Å². The van der Waals surface area contributed by atoms with Gasteiger partial charge in [-0.2, -0.15) is 5.26 Å². The highest BCUT2D eigenvalue weighted by Crippen LogP contribution is 2.22. The van der Waals surface area contributed by atoms with E-state index >= 15 is 0 Å². The molecule has 0 aromatic heterocycles. The molecule has 0 fully saturated rings. The molecule has 1 aromatic rings. The number of esters is 1. The van der Waals surface area contributed by atoms with E-state index in [1.165, 1.54) is 13.2 Å². The van der Waals surface area contributed by atoms with Gasteiger partial charge in [0.2, 0.25) is 0 Å². The molecule has 0 atom stereocenters. The SMILES string of the molecule is CCOC(=O)/C=C/c1cccc(OC)c1C#N. The molecule has 0 aliphatic heterocycles. The normalized spacial score (nSPS) is 9.94. The molecule has 0 heterocycles. The van der Waals surface area contributed by atoms with E-state index in [1.54, 1.807) is 31.2 Å². The van der Waals surface area contributed by atoms with Gasteiger partial charge in [0, 0.05) is 6.08 Å². The summed E-state index contributed by atoms with van der Waals surface area (Å²) < 4.78 is 9.81.